The minimum atomic E-state index is -0.873. The topological polar surface area (TPSA) is 69.6 Å². The molecule has 0 spiro atoms. The molecular weight excluding hydrogens is 602 g/mol. The Balaban J connectivity index is 3.68. The maximum atomic E-state index is 12.4. The van der Waals surface area contributed by atoms with Gasteiger partial charge in [-0.25, -0.2) is 0 Å². The number of carbonyl (C=O) groups is 1. The molecule has 0 aromatic heterocycles. The van der Waals surface area contributed by atoms with Crippen molar-refractivity contribution in [3.8, 4) is 0 Å². The van der Waals surface area contributed by atoms with E-state index in [9.17, 15) is 15.0 Å². The molecule has 0 aromatic rings. The summed E-state index contributed by atoms with van der Waals surface area (Å²) in [6.07, 6.45) is 55.0. The molecule has 0 heterocycles. The first-order valence-corrected chi connectivity index (χ1v) is 21.4. The van der Waals surface area contributed by atoms with Crippen LogP contribution in [0.2, 0.25) is 0 Å². The molecule has 0 saturated carbocycles. The average molecular weight is 686 g/mol. The molecule has 2 unspecified atom stereocenters. The number of hydrogen-bond acceptors (Lipinski definition) is 3. The second-order valence-electron chi connectivity index (χ2n) is 14.4. The summed E-state index contributed by atoms with van der Waals surface area (Å²) >= 11 is 0. The Morgan fingerprint density at radius 3 is 1.18 bits per heavy atom. The van der Waals surface area contributed by atoms with Crippen molar-refractivity contribution in [2.24, 2.45) is 0 Å². The number of rotatable bonds is 38. The van der Waals surface area contributed by atoms with Gasteiger partial charge < -0.3 is 15.5 Å². The molecule has 0 aliphatic carbocycles. The summed E-state index contributed by atoms with van der Waals surface area (Å²) in [5.41, 5.74) is 0. The number of nitrogens with one attached hydrogen (secondary N) is 1. The minimum absolute atomic E-state index is 0.0870. The number of unbranched alkanes of at least 4 members (excludes halogenated alkanes) is 25. The van der Waals surface area contributed by atoms with Crippen LogP contribution in [0.4, 0.5) is 0 Å². The fraction of sp³-hybridized carbons (Fsp3) is 0.800. The summed E-state index contributed by atoms with van der Waals surface area (Å²) in [6.45, 7) is 4.29. The van der Waals surface area contributed by atoms with Gasteiger partial charge >= 0.3 is 0 Å². The van der Waals surface area contributed by atoms with Crippen molar-refractivity contribution in [1.29, 1.82) is 0 Å². The molecule has 4 nitrogen and oxygen atoms in total. The van der Waals surface area contributed by atoms with E-state index in [1.165, 1.54) is 141 Å². The van der Waals surface area contributed by atoms with Crippen LogP contribution in [0.15, 0.2) is 48.6 Å². The van der Waals surface area contributed by atoms with Crippen LogP contribution >= 0.6 is 0 Å². The Morgan fingerprint density at radius 1 is 0.469 bits per heavy atom. The maximum Gasteiger partial charge on any atom is 0.220 e. The van der Waals surface area contributed by atoms with Gasteiger partial charge in [0.15, 0.2) is 0 Å². The number of hydrogen-bond donors (Lipinski definition) is 3. The fourth-order valence-corrected chi connectivity index (χ4v) is 6.20. The van der Waals surface area contributed by atoms with E-state index >= 15 is 0 Å². The zero-order valence-corrected chi connectivity index (χ0v) is 32.7. The number of carbonyl (C=O) groups excluding carboxylic acids is 1. The maximum absolute atomic E-state index is 12.4. The lowest BCUT2D eigenvalue weighted by Crippen LogP contribution is -2.45. The molecular formula is C45H83NO3. The molecule has 0 aliphatic rings. The predicted molar refractivity (Wildman–Crippen MR) is 216 cm³/mol. The number of allylic oxidation sites excluding steroid dienone is 7. The largest absolute Gasteiger partial charge is 0.394 e. The average Bonchev–Trinajstić information content (AvgIpc) is 3.10. The lowest BCUT2D eigenvalue weighted by Gasteiger charge is -2.19. The first-order chi connectivity index (χ1) is 24.2. The molecule has 3 N–H and O–H groups in total. The van der Waals surface area contributed by atoms with Gasteiger partial charge in [0.2, 0.25) is 5.91 Å². The van der Waals surface area contributed by atoms with Crippen LogP contribution in [-0.2, 0) is 4.79 Å². The van der Waals surface area contributed by atoms with Crippen LogP contribution in [0.5, 0.6) is 0 Å². The van der Waals surface area contributed by atoms with E-state index in [0.717, 1.165) is 51.4 Å². The summed E-state index contributed by atoms with van der Waals surface area (Å²) in [6, 6.07) is -0.649. The summed E-state index contributed by atoms with van der Waals surface area (Å²) in [7, 11) is 0. The SMILES string of the molecule is CCCCCCCCCCC/C=C\CCCCCCCC(=O)NC(CO)C(O)/C=C/CC/C=C/CC/C=C/CCCCCCCCCCC. The predicted octanol–water partition coefficient (Wildman–Crippen LogP) is 13.2. The van der Waals surface area contributed by atoms with Gasteiger partial charge in [-0.1, -0.05) is 184 Å². The van der Waals surface area contributed by atoms with Crippen molar-refractivity contribution in [3.05, 3.63) is 48.6 Å². The van der Waals surface area contributed by atoms with Crippen molar-refractivity contribution < 1.29 is 15.0 Å². The van der Waals surface area contributed by atoms with E-state index in [1.54, 1.807) is 6.08 Å². The number of aliphatic hydroxyl groups is 2. The van der Waals surface area contributed by atoms with Crippen LogP contribution in [0.3, 0.4) is 0 Å². The molecule has 0 aromatic carbocycles. The first-order valence-electron chi connectivity index (χ1n) is 21.4. The van der Waals surface area contributed by atoms with E-state index in [2.05, 4.69) is 55.6 Å². The Bertz CT molecular complexity index is 786. The third-order valence-corrected chi connectivity index (χ3v) is 9.51. The van der Waals surface area contributed by atoms with Gasteiger partial charge in [-0.2, -0.15) is 0 Å². The van der Waals surface area contributed by atoms with E-state index in [1.807, 2.05) is 6.08 Å². The monoisotopic (exact) mass is 686 g/mol. The van der Waals surface area contributed by atoms with Crippen molar-refractivity contribution in [2.75, 3.05) is 6.61 Å². The fourth-order valence-electron chi connectivity index (χ4n) is 6.20. The molecule has 0 fully saturated rings. The number of amides is 1. The van der Waals surface area contributed by atoms with E-state index in [0.29, 0.717) is 6.42 Å². The van der Waals surface area contributed by atoms with Crippen molar-refractivity contribution in [1.82, 2.24) is 5.32 Å². The van der Waals surface area contributed by atoms with Gasteiger partial charge in [0.1, 0.15) is 0 Å². The first kappa shape index (κ1) is 47.4. The van der Waals surface area contributed by atoms with Gasteiger partial charge in [0.25, 0.3) is 0 Å². The summed E-state index contributed by atoms with van der Waals surface area (Å²) < 4.78 is 0. The second-order valence-corrected chi connectivity index (χ2v) is 14.4. The highest BCUT2D eigenvalue weighted by Crippen LogP contribution is 2.13. The summed E-state index contributed by atoms with van der Waals surface area (Å²) in [5.74, 6) is -0.0870. The van der Waals surface area contributed by atoms with E-state index in [-0.39, 0.29) is 12.5 Å². The Kier molecular flexibility index (Phi) is 39.4. The molecule has 2 atom stereocenters. The highest BCUT2D eigenvalue weighted by atomic mass is 16.3. The minimum Gasteiger partial charge on any atom is -0.394 e. The Hall–Kier alpha value is -1.65. The van der Waals surface area contributed by atoms with Gasteiger partial charge in [-0.3, -0.25) is 4.79 Å². The molecule has 0 rings (SSSR count). The molecule has 49 heavy (non-hydrogen) atoms. The van der Waals surface area contributed by atoms with E-state index in [4.69, 9.17) is 0 Å². The van der Waals surface area contributed by atoms with Crippen LogP contribution in [0.1, 0.15) is 213 Å². The third-order valence-electron chi connectivity index (χ3n) is 9.51. The van der Waals surface area contributed by atoms with Crippen LogP contribution in [-0.4, -0.2) is 34.9 Å². The normalized spacial score (nSPS) is 13.5. The summed E-state index contributed by atoms with van der Waals surface area (Å²) in [4.78, 5) is 12.4. The standard InChI is InChI=1S/C45H83NO3/c1-3-5-7-9-11-13-15-17-19-21-23-24-26-28-30-32-34-36-38-40-44(48)43(42-47)46-45(49)41-39-37-35-33-31-29-27-25-22-20-18-16-14-12-10-8-6-4-2/h23-25,27,30,32,38,40,43-44,47-48H,3-22,26,28-29,31,33-37,39,41-42H2,1-2H3,(H,46,49)/b24-23+,27-25-,32-30+,40-38+. The van der Waals surface area contributed by atoms with Gasteiger partial charge in [-0.05, 0) is 70.6 Å². The highest BCUT2D eigenvalue weighted by molar-refractivity contribution is 5.76. The molecule has 4 heteroatoms. The van der Waals surface area contributed by atoms with Crippen molar-refractivity contribution in [3.63, 3.8) is 0 Å². The third kappa shape index (κ3) is 37.4. The zero-order valence-electron chi connectivity index (χ0n) is 32.7. The lowest BCUT2D eigenvalue weighted by molar-refractivity contribution is -0.123. The smallest absolute Gasteiger partial charge is 0.220 e. The molecule has 0 aliphatic heterocycles. The molecule has 0 radical (unpaired) electrons. The van der Waals surface area contributed by atoms with E-state index < -0.39 is 12.1 Å². The number of aliphatic hydroxyl groups excluding tert-OH is 2. The second kappa shape index (κ2) is 40.8. The lowest BCUT2D eigenvalue weighted by atomic mass is 10.1. The Labute approximate surface area is 305 Å². The van der Waals surface area contributed by atoms with Gasteiger partial charge in [0, 0.05) is 6.42 Å². The molecule has 0 saturated heterocycles. The molecule has 0 bridgehead atoms. The zero-order chi connectivity index (χ0) is 35.7. The van der Waals surface area contributed by atoms with Gasteiger partial charge in [-0.15, -0.1) is 0 Å². The van der Waals surface area contributed by atoms with Gasteiger partial charge in [0.05, 0.1) is 18.8 Å². The molecule has 1 amide bonds. The van der Waals surface area contributed by atoms with Crippen LogP contribution < -0.4 is 5.32 Å². The quantitative estimate of drug-likeness (QED) is 0.0447. The highest BCUT2D eigenvalue weighted by Gasteiger charge is 2.17. The summed E-state index contributed by atoms with van der Waals surface area (Å²) in [5, 5.41) is 23.0. The van der Waals surface area contributed by atoms with Crippen LogP contribution in [0.25, 0.3) is 0 Å². The van der Waals surface area contributed by atoms with Crippen LogP contribution in [0, 0.1) is 0 Å². The van der Waals surface area contributed by atoms with Crippen molar-refractivity contribution >= 4 is 5.91 Å². The Morgan fingerprint density at radius 2 is 0.796 bits per heavy atom. The van der Waals surface area contributed by atoms with Crippen molar-refractivity contribution in [2.45, 2.75) is 225 Å². The molecule has 286 valence electrons.